The van der Waals surface area contributed by atoms with E-state index >= 15 is 0 Å². The lowest BCUT2D eigenvalue weighted by Crippen LogP contribution is -1.99. The molecule has 0 aliphatic carbocycles. The zero-order chi connectivity index (χ0) is 12.8. The maximum atomic E-state index is 13.3. The number of rotatable bonds is 2. The van der Waals surface area contributed by atoms with Crippen molar-refractivity contribution < 1.29 is 4.39 Å². The average Bonchev–Trinajstić information content (AvgIpc) is 2.40. The molecule has 0 unspecified atom stereocenters. The first kappa shape index (κ1) is 12.2. The number of anilines is 1. The Morgan fingerprint density at radius 2 is 1.89 bits per heavy atom. The van der Waals surface area contributed by atoms with E-state index in [1.165, 1.54) is 6.07 Å². The largest absolute Gasteiger partial charge is 0.374 e. The van der Waals surface area contributed by atoms with Gasteiger partial charge in [0.1, 0.15) is 5.82 Å². The van der Waals surface area contributed by atoms with Crippen LogP contribution in [0.3, 0.4) is 0 Å². The number of benzene rings is 2. The van der Waals surface area contributed by atoms with Gasteiger partial charge in [0.25, 0.3) is 0 Å². The molecule has 2 aromatic rings. The van der Waals surface area contributed by atoms with E-state index in [1.54, 1.807) is 13.0 Å². The quantitative estimate of drug-likeness (QED) is 0.790. The number of halogens is 1. The Labute approximate surface area is 107 Å². The molecule has 18 heavy (non-hydrogen) atoms. The Balaban J connectivity index is 1.93. The van der Waals surface area contributed by atoms with Gasteiger partial charge in [-0.1, -0.05) is 36.1 Å². The predicted molar refractivity (Wildman–Crippen MR) is 72.9 cm³/mol. The molecule has 0 radical (unpaired) electrons. The molecule has 1 N–H and O–H groups in total. The third-order valence-electron chi connectivity index (χ3n) is 2.56. The summed E-state index contributed by atoms with van der Waals surface area (Å²) in [5.41, 5.74) is 2.38. The van der Waals surface area contributed by atoms with Crippen LogP contribution in [0.5, 0.6) is 0 Å². The highest BCUT2D eigenvalue weighted by atomic mass is 19.1. The lowest BCUT2D eigenvalue weighted by molar-refractivity contribution is 0.619. The summed E-state index contributed by atoms with van der Waals surface area (Å²) in [5, 5.41) is 3.07. The molecule has 0 saturated carbocycles. The lowest BCUT2D eigenvalue weighted by atomic mass is 10.2. The van der Waals surface area contributed by atoms with Gasteiger partial charge in [0.2, 0.25) is 0 Å². The minimum Gasteiger partial charge on any atom is -0.374 e. The molecule has 0 bridgehead atoms. The number of nitrogens with one attached hydrogen (secondary N) is 1. The van der Waals surface area contributed by atoms with E-state index in [0.717, 1.165) is 11.3 Å². The van der Waals surface area contributed by atoms with Crippen LogP contribution in [0.1, 0.15) is 11.1 Å². The molecule has 0 spiro atoms. The molecule has 2 heteroatoms. The topological polar surface area (TPSA) is 12.0 Å². The maximum absolute atomic E-state index is 13.3. The molecule has 0 fully saturated rings. The zero-order valence-corrected chi connectivity index (χ0v) is 10.2. The molecule has 0 aromatic heterocycles. The smallest absolute Gasteiger partial charge is 0.128 e. The number of aryl methyl sites for hydroxylation is 1. The SMILES string of the molecule is Cc1ccc(NCC#Cc2ccccc2)cc1F. The van der Waals surface area contributed by atoms with Crippen molar-refractivity contribution >= 4 is 5.69 Å². The highest BCUT2D eigenvalue weighted by Gasteiger charge is 1.97. The fourth-order valence-corrected chi connectivity index (χ4v) is 1.52. The highest BCUT2D eigenvalue weighted by Crippen LogP contribution is 2.12. The summed E-state index contributed by atoms with van der Waals surface area (Å²) in [7, 11) is 0. The van der Waals surface area contributed by atoms with E-state index in [-0.39, 0.29) is 5.82 Å². The molecule has 0 saturated heterocycles. The second kappa shape index (κ2) is 5.88. The Kier molecular flexibility index (Phi) is 3.98. The second-order valence-electron chi connectivity index (χ2n) is 3.99. The Morgan fingerprint density at radius 1 is 1.11 bits per heavy atom. The first-order valence-electron chi connectivity index (χ1n) is 5.79. The molecule has 0 atom stereocenters. The van der Waals surface area contributed by atoms with E-state index < -0.39 is 0 Å². The van der Waals surface area contributed by atoms with E-state index in [9.17, 15) is 4.39 Å². The van der Waals surface area contributed by atoms with Crippen molar-refractivity contribution in [3.63, 3.8) is 0 Å². The van der Waals surface area contributed by atoms with Gasteiger partial charge < -0.3 is 5.32 Å². The fourth-order valence-electron chi connectivity index (χ4n) is 1.52. The molecule has 2 aromatic carbocycles. The fraction of sp³-hybridized carbons (Fsp3) is 0.125. The van der Waals surface area contributed by atoms with Crippen LogP contribution < -0.4 is 5.32 Å². The van der Waals surface area contributed by atoms with Crippen LogP contribution in [-0.4, -0.2) is 6.54 Å². The summed E-state index contributed by atoms with van der Waals surface area (Å²) in [4.78, 5) is 0. The van der Waals surface area contributed by atoms with Crippen LogP contribution in [0.4, 0.5) is 10.1 Å². The maximum Gasteiger partial charge on any atom is 0.128 e. The first-order chi connectivity index (χ1) is 8.75. The molecule has 0 amide bonds. The zero-order valence-electron chi connectivity index (χ0n) is 10.2. The van der Waals surface area contributed by atoms with Crippen molar-refractivity contribution in [1.82, 2.24) is 0 Å². The van der Waals surface area contributed by atoms with Gasteiger partial charge in [-0.15, -0.1) is 0 Å². The van der Waals surface area contributed by atoms with E-state index in [4.69, 9.17) is 0 Å². The summed E-state index contributed by atoms with van der Waals surface area (Å²) in [5.74, 6) is 5.84. The Morgan fingerprint density at radius 3 is 2.61 bits per heavy atom. The monoisotopic (exact) mass is 239 g/mol. The molecule has 0 aliphatic heterocycles. The van der Waals surface area contributed by atoms with Crippen LogP contribution >= 0.6 is 0 Å². The van der Waals surface area contributed by atoms with E-state index in [1.807, 2.05) is 36.4 Å². The minimum atomic E-state index is -0.198. The Hall–Kier alpha value is -2.27. The van der Waals surface area contributed by atoms with E-state index in [2.05, 4.69) is 17.2 Å². The summed E-state index contributed by atoms with van der Waals surface area (Å²) in [6.07, 6.45) is 0. The van der Waals surface area contributed by atoms with E-state index in [0.29, 0.717) is 12.1 Å². The highest BCUT2D eigenvalue weighted by molar-refractivity contribution is 5.46. The normalized spacial score (nSPS) is 9.44. The summed E-state index contributed by atoms with van der Waals surface area (Å²) < 4.78 is 13.3. The van der Waals surface area contributed by atoms with Gasteiger partial charge in [-0.3, -0.25) is 0 Å². The van der Waals surface area contributed by atoms with Gasteiger partial charge in [-0.05, 0) is 36.8 Å². The molecule has 1 nitrogen and oxygen atoms in total. The van der Waals surface area contributed by atoms with Crippen LogP contribution in [0.15, 0.2) is 48.5 Å². The number of hydrogen-bond donors (Lipinski definition) is 1. The molecule has 0 heterocycles. The summed E-state index contributed by atoms with van der Waals surface area (Å²) in [6.45, 7) is 2.24. The van der Waals surface area contributed by atoms with Gasteiger partial charge in [-0.2, -0.15) is 0 Å². The van der Waals surface area contributed by atoms with Gasteiger partial charge in [0, 0.05) is 11.3 Å². The third-order valence-corrected chi connectivity index (χ3v) is 2.56. The predicted octanol–water partition coefficient (Wildman–Crippen LogP) is 3.60. The number of hydrogen-bond acceptors (Lipinski definition) is 1. The van der Waals surface area contributed by atoms with Gasteiger partial charge in [0.05, 0.1) is 6.54 Å². The van der Waals surface area contributed by atoms with Gasteiger partial charge >= 0.3 is 0 Å². The molecular weight excluding hydrogens is 225 g/mol. The molecular formula is C16H14FN. The Bertz CT molecular complexity index is 579. The lowest BCUT2D eigenvalue weighted by Gasteiger charge is -2.03. The minimum absolute atomic E-state index is 0.198. The van der Waals surface area contributed by atoms with Crippen LogP contribution in [-0.2, 0) is 0 Å². The van der Waals surface area contributed by atoms with Crippen molar-refractivity contribution in [2.45, 2.75) is 6.92 Å². The van der Waals surface area contributed by atoms with Crippen LogP contribution in [0.2, 0.25) is 0 Å². The van der Waals surface area contributed by atoms with Crippen molar-refractivity contribution in [1.29, 1.82) is 0 Å². The van der Waals surface area contributed by atoms with Gasteiger partial charge in [0.15, 0.2) is 0 Å². The molecule has 90 valence electrons. The van der Waals surface area contributed by atoms with Crippen molar-refractivity contribution in [2.24, 2.45) is 0 Å². The van der Waals surface area contributed by atoms with Crippen molar-refractivity contribution in [2.75, 3.05) is 11.9 Å². The third kappa shape index (κ3) is 3.36. The van der Waals surface area contributed by atoms with Crippen molar-refractivity contribution in [3.8, 4) is 11.8 Å². The average molecular weight is 239 g/mol. The second-order valence-corrected chi connectivity index (χ2v) is 3.99. The van der Waals surface area contributed by atoms with Gasteiger partial charge in [-0.25, -0.2) is 4.39 Å². The molecule has 2 rings (SSSR count). The molecule has 0 aliphatic rings. The standard InChI is InChI=1S/C16H14FN/c1-13-9-10-15(12-16(13)17)18-11-5-8-14-6-3-2-4-7-14/h2-4,6-7,9-10,12,18H,11H2,1H3. The van der Waals surface area contributed by atoms with Crippen LogP contribution in [0, 0.1) is 24.6 Å². The summed E-state index contributed by atoms with van der Waals surface area (Å²) in [6, 6.07) is 14.9. The van der Waals surface area contributed by atoms with Crippen molar-refractivity contribution in [3.05, 3.63) is 65.5 Å². The first-order valence-corrected chi connectivity index (χ1v) is 5.79. The summed E-state index contributed by atoms with van der Waals surface area (Å²) >= 11 is 0. The van der Waals surface area contributed by atoms with Crippen LogP contribution in [0.25, 0.3) is 0 Å².